The summed E-state index contributed by atoms with van der Waals surface area (Å²) in [4.78, 5) is 25.0. The van der Waals surface area contributed by atoms with Crippen LogP contribution in [0.15, 0.2) is 29.5 Å². The van der Waals surface area contributed by atoms with Crippen molar-refractivity contribution in [3.05, 3.63) is 45.1 Å². The van der Waals surface area contributed by atoms with E-state index in [2.05, 4.69) is 5.32 Å². The maximum absolute atomic E-state index is 12.6. The number of rotatable bonds is 5. The summed E-state index contributed by atoms with van der Waals surface area (Å²) in [7, 11) is 0. The van der Waals surface area contributed by atoms with Crippen LogP contribution >= 0.6 is 12.2 Å². The number of ether oxygens (including phenoxy) is 1. The van der Waals surface area contributed by atoms with E-state index in [4.69, 9.17) is 17.0 Å². The highest BCUT2D eigenvalue weighted by molar-refractivity contribution is 7.80. The van der Waals surface area contributed by atoms with Gasteiger partial charge in [-0.2, -0.15) is 0 Å². The van der Waals surface area contributed by atoms with Crippen LogP contribution in [-0.2, 0) is 9.53 Å². The number of carbonyl (C=O) groups is 1. The van der Waals surface area contributed by atoms with E-state index in [1.54, 1.807) is 13.8 Å². The number of phenolic OH excluding ortho intramolecular Hbond substituents is 1. The minimum absolute atomic E-state index is 0.214. The van der Waals surface area contributed by atoms with Crippen molar-refractivity contribution in [3.8, 4) is 5.75 Å². The number of hydrogen-bond donors (Lipinski definition) is 2. The Balaban J connectivity index is 2.09. The zero-order valence-electron chi connectivity index (χ0n) is 14.4. The molecule has 1 heterocycles. The first kappa shape index (κ1) is 18.1. The van der Waals surface area contributed by atoms with Gasteiger partial charge in [-0.25, -0.2) is 4.79 Å². The third-order valence-electron chi connectivity index (χ3n) is 4.46. The normalized spacial score (nSPS) is 20.0. The molecule has 0 aromatic heterocycles. The standard InChI is InChI=1S/C17H19N3O5S/c1-3-25-16(22)14-9(2)19(11-5-6-11)17(26)18-15(14)10-4-7-13(21)12(8-10)20(23)24/h4,7-8,11,15,21H,3,5-6H2,1-2H3,(H,18,26). The SMILES string of the molecule is CCOC(=O)C1=C(C)N(C2CC2)C(=S)NC1c1ccc(O)c([N+](=O)[O-])c1. The maximum atomic E-state index is 12.6. The first-order valence-corrected chi connectivity index (χ1v) is 8.70. The molecular formula is C17H19N3O5S. The minimum atomic E-state index is -0.684. The topological polar surface area (TPSA) is 105 Å². The van der Waals surface area contributed by atoms with E-state index in [1.165, 1.54) is 18.2 Å². The van der Waals surface area contributed by atoms with Gasteiger partial charge in [0.15, 0.2) is 10.9 Å². The molecule has 0 amide bonds. The van der Waals surface area contributed by atoms with Gasteiger partial charge in [0.05, 0.1) is 23.1 Å². The van der Waals surface area contributed by atoms with Gasteiger partial charge in [-0.15, -0.1) is 0 Å². The number of hydrogen-bond acceptors (Lipinski definition) is 6. The van der Waals surface area contributed by atoms with Crippen molar-refractivity contribution in [2.75, 3.05) is 6.61 Å². The van der Waals surface area contributed by atoms with Crippen LogP contribution in [0.1, 0.15) is 38.3 Å². The van der Waals surface area contributed by atoms with Crippen molar-refractivity contribution in [1.82, 2.24) is 10.2 Å². The van der Waals surface area contributed by atoms with Crippen LogP contribution in [0.3, 0.4) is 0 Å². The van der Waals surface area contributed by atoms with E-state index >= 15 is 0 Å². The molecule has 1 unspecified atom stereocenters. The second-order valence-electron chi connectivity index (χ2n) is 6.21. The largest absolute Gasteiger partial charge is 0.502 e. The molecular weight excluding hydrogens is 358 g/mol. The van der Waals surface area contributed by atoms with Crippen LogP contribution in [0.5, 0.6) is 5.75 Å². The van der Waals surface area contributed by atoms with Crippen molar-refractivity contribution in [3.63, 3.8) is 0 Å². The average Bonchev–Trinajstić information content (AvgIpc) is 3.39. The minimum Gasteiger partial charge on any atom is -0.502 e. The maximum Gasteiger partial charge on any atom is 0.338 e. The van der Waals surface area contributed by atoms with E-state index in [0.717, 1.165) is 12.8 Å². The quantitative estimate of drug-likeness (QED) is 0.349. The van der Waals surface area contributed by atoms with Gasteiger partial charge in [-0.3, -0.25) is 10.1 Å². The fraction of sp³-hybridized carbons (Fsp3) is 0.412. The number of esters is 1. The molecule has 1 aliphatic carbocycles. The zero-order valence-corrected chi connectivity index (χ0v) is 15.2. The van der Waals surface area contributed by atoms with E-state index in [0.29, 0.717) is 21.9 Å². The Labute approximate surface area is 155 Å². The number of benzene rings is 1. The molecule has 8 nitrogen and oxygen atoms in total. The van der Waals surface area contributed by atoms with Gasteiger partial charge in [-0.05, 0) is 50.5 Å². The molecule has 3 rings (SSSR count). The number of carbonyl (C=O) groups excluding carboxylic acids is 1. The number of nitro groups is 1. The molecule has 1 aromatic rings. The molecule has 0 spiro atoms. The van der Waals surface area contributed by atoms with Crippen molar-refractivity contribution in [2.24, 2.45) is 0 Å². The Morgan fingerprint density at radius 1 is 1.50 bits per heavy atom. The molecule has 1 fully saturated rings. The summed E-state index contributed by atoms with van der Waals surface area (Å²) < 4.78 is 5.20. The molecule has 2 N–H and O–H groups in total. The van der Waals surface area contributed by atoms with E-state index in [-0.39, 0.29) is 12.6 Å². The average molecular weight is 377 g/mol. The molecule has 1 saturated carbocycles. The smallest absolute Gasteiger partial charge is 0.338 e. The molecule has 9 heteroatoms. The van der Waals surface area contributed by atoms with Gasteiger partial charge in [-0.1, -0.05) is 6.07 Å². The monoisotopic (exact) mass is 377 g/mol. The number of allylic oxidation sites excluding steroid dienone is 1. The molecule has 26 heavy (non-hydrogen) atoms. The van der Waals surface area contributed by atoms with Gasteiger partial charge in [0.1, 0.15) is 0 Å². The van der Waals surface area contributed by atoms with Crippen LogP contribution in [-0.4, -0.2) is 38.7 Å². The Morgan fingerprint density at radius 3 is 2.77 bits per heavy atom. The third kappa shape index (κ3) is 3.22. The molecule has 0 bridgehead atoms. The summed E-state index contributed by atoms with van der Waals surface area (Å²) in [5, 5.41) is 24.4. The predicted molar refractivity (Wildman–Crippen MR) is 97.4 cm³/mol. The number of thiocarbonyl (C=S) groups is 1. The van der Waals surface area contributed by atoms with E-state index in [1.807, 2.05) is 4.90 Å². The first-order valence-electron chi connectivity index (χ1n) is 8.30. The van der Waals surface area contributed by atoms with Gasteiger partial charge < -0.3 is 20.1 Å². The lowest BCUT2D eigenvalue weighted by atomic mass is 9.94. The Bertz CT molecular complexity index is 819. The van der Waals surface area contributed by atoms with Crippen LogP contribution in [0.2, 0.25) is 0 Å². The first-order chi connectivity index (χ1) is 12.3. The van der Waals surface area contributed by atoms with E-state index in [9.17, 15) is 20.0 Å². The Kier molecular flexibility index (Phi) is 4.82. The summed E-state index contributed by atoms with van der Waals surface area (Å²) >= 11 is 5.46. The lowest BCUT2D eigenvalue weighted by molar-refractivity contribution is -0.385. The summed E-state index contributed by atoms with van der Waals surface area (Å²) in [6.45, 7) is 3.74. The molecule has 1 aromatic carbocycles. The molecule has 1 aliphatic heterocycles. The number of nitrogens with one attached hydrogen (secondary N) is 1. The predicted octanol–water partition coefficient (Wildman–Crippen LogP) is 2.53. The lowest BCUT2D eigenvalue weighted by Gasteiger charge is -2.37. The van der Waals surface area contributed by atoms with Crippen molar-refractivity contribution < 1.29 is 19.6 Å². The summed E-state index contributed by atoms with van der Waals surface area (Å²) in [5.74, 6) is -0.929. The number of phenols is 1. The van der Waals surface area contributed by atoms with Crippen molar-refractivity contribution in [1.29, 1.82) is 0 Å². The fourth-order valence-electron chi connectivity index (χ4n) is 3.12. The summed E-state index contributed by atoms with van der Waals surface area (Å²) in [6, 6.07) is 3.59. The van der Waals surface area contributed by atoms with Gasteiger partial charge in [0, 0.05) is 17.8 Å². The molecule has 1 atom stereocenters. The van der Waals surface area contributed by atoms with Crippen molar-refractivity contribution in [2.45, 2.75) is 38.8 Å². The zero-order chi connectivity index (χ0) is 19.0. The summed E-state index contributed by atoms with van der Waals surface area (Å²) in [5.41, 5.74) is 1.08. The molecule has 0 saturated heterocycles. The van der Waals surface area contributed by atoms with Crippen LogP contribution < -0.4 is 5.32 Å². The second-order valence-corrected chi connectivity index (χ2v) is 6.60. The highest BCUT2D eigenvalue weighted by Gasteiger charge is 2.41. The molecule has 138 valence electrons. The summed E-state index contributed by atoms with van der Waals surface area (Å²) in [6.07, 6.45) is 1.98. The fourth-order valence-corrected chi connectivity index (χ4v) is 3.52. The van der Waals surface area contributed by atoms with Crippen molar-refractivity contribution >= 4 is 29.0 Å². The lowest BCUT2D eigenvalue weighted by Crippen LogP contribution is -2.48. The van der Waals surface area contributed by atoms with Crippen LogP contribution in [0, 0.1) is 10.1 Å². The molecule has 2 aliphatic rings. The Hall–Kier alpha value is -2.68. The number of nitro benzene ring substituents is 1. The van der Waals surface area contributed by atoms with Gasteiger partial charge in [0.2, 0.25) is 0 Å². The van der Waals surface area contributed by atoms with Crippen LogP contribution in [0.25, 0.3) is 0 Å². The number of nitrogens with zero attached hydrogens (tertiary/aromatic N) is 2. The number of aromatic hydroxyl groups is 1. The van der Waals surface area contributed by atoms with Gasteiger partial charge in [0.25, 0.3) is 0 Å². The van der Waals surface area contributed by atoms with Crippen LogP contribution in [0.4, 0.5) is 5.69 Å². The second kappa shape index (κ2) is 6.91. The Morgan fingerprint density at radius 2 is 2.19 bits per heavy atom. The highest BCUT2D eigenvalue weighted by Crippen LogP contribution is 2.39. The van der Waals surface area contributed by atoms with E-state index < -0.39 is 28.4 Å². The third-order valence-corrected chi connectivity index (χ3v) is 4.78. The van der Waals surface area contributed by atoms with Gasteiger partial charge >= 0.3 is 11.7 Å². The molecule has 0 radical (unpaired) electrons. The highest BCUT2D eigenvalue weighted by atomic mass is 32.1.